The normalized spacial score (nSPS) is 11.2. The van der Waals surface area contributed by atoms with Crippen molar-refractivity contribution in [1.29, 1.82) is 0 Å². The molecular formula is C22H18Cl2N2O2S. The first kappa shape index (κ1) is 20.0. The van der Waals surface area contributed by atoms with Gasteiger partial charge in [0.15, 0.2) is 0 Å². The molecule has 0 aliphatic carbocycles. The monoisotopic (exact) mass is 444 g/mol. The molecule has 0 N–H and O–H groups in total. The van der Waals surface area contributed by atoms with E-state index in [1.165, 1.54) is 11.3 Å². The lowest BCUT2D eigenvalue weighted by molar-refractivity contribution is 0.340. The minimum atomic E-state index is -0.0887. The van der Waals surface area contributed by atoms with Crippen LogP contribution >= 0.6 is 34.5 Å². The number of ether oxygens (including phenoxy) is 1. The van der Waals surface area contributed by atoms with Crippen LogP contribution in [-0.2, 0) is 6.54 Å². The van der Waals surface area contributed by atoms with Gasteiger partial charge in [0.25, 0.3) is 5.56 Å². The summed E-state index contributed by atoms with van der Waals surface area (Å²) < 4.78 is 7.11. The number of rotatable bonds is 5. The average Bonchev–Trinajstić information content (AvgIpc) is 3.03. The highest BCUT2D eigenvalue weighted by atomic mass is 35.5. The third-order valence-electron chi connectivity index (χ3n) is 4.66. The van der Waals surface area contributed by atoms with E-state index in [0.29, 0.717) is 28.6 Å². The van der Waals surface area contributed by atoms with Crippen LogP contribution in [0.5, 0.6) is 5.75 Å². The number of thiophene rings is 1. The molecule has 0 atom stereocenters. The lowest BCUT2D eigenvalue weighted by Crippen LogP contribution is -2.21. The van der Waals surface area contributed by atoms with Crippen molar-refractivity contribution in [3.63, 3.8) is 0 Å². The third-order valence-corrected chi connectivity index (χ3v) is 6.26. The molecule has 7 heteroatoms. The van der Waals surface area contributed by atoms with Crippen molar-refractivity contribution < 1.29 is 4.74 Å². The molecule has 29 heavy (non-hydrogen) atoms. The summed E-state index contributed by atoms with van der Waals surface area (Å²) in [5.41, 5.74) is 2.61. The van der Waals surface area contributed by atoms with Crippen LogP contribution in [0.1, 0.15) is 17.4 Å². The van der Waals surface area contributed by atoms with Gasteiger partial charge < -0.3 is 4.74 Å². The van der Waals surface area contributed by atoms with Gasteiger partial charge in [0.2, 0.25) is 0 Å². The van der Waals surface area contributed by atoms with Crippen LogP contribution in [0, 0.1) is 6.92 Å². The molecule has 0 aliphatic heterocycles. The molecule has 4 aromatic rings. The van der Waals surface area contributed by atoms with Crippen molar-refractivity contribution in [3.05, 3.63) is 79.6 Å². The van der Waals surface area contributed by atoms with E-state index in [2.05, 4.69) is 4.98 Å². The van der Waals surface area contributed by atoms with Crippen molar-refractivity contribution in [1.82, 2.24) is 9.55 Å². The van der Waals surface area contributed by atoms with E-state index in [-0.39, 0.29) is 5.56 Å². The molecule has 4 nitrogen and oxygen atoms in total. The third kappa shape index (κ3) is 3.90. The van der Waals surface area contributed by atoms with E-state index in [4.69, 9.17) is 27.9 Å². The van der Waals surface area contributed by atoms with Crippen LogP contribution < -0.4 is 10.3 Å². The van der Waals surface area contributed by atoms with Crippen molar-refractivity contribution in [2.45, 2.75) is 20.4 Å². The molecule has 0 amide bonds. The Bertz CT molecular complexity index is 1250. The fourth-order valence-corrected chi connectivity index (χ4v) is 4.79. The van der Waals surface area contributed by atoms with E-state index in [9.17, 15) is 4.79 Å². The van der Waals surface area contributed by atoms with E-state index >= 15 is 0 Å². The Kier molecular flexibility index (Phi) is 5.63. The van der Waals surface area contributed by atoms with Gasteiger partial charge in [-0.2, -0.15) is 0 Å². The van der Waals surface area contributed by atoms with Crippen LogP contribution in [0.4, 0.5) is 0 Å². The Labute approximate surface area is 182 Å². The van der Waals surface area contributed by atoms with E-state index < -0.39 is 0 Å². The summed E-state index contributed by atoms with van der Waals surface area (Å²) in [6.45, 7) is 4.90. The first-order valence-electron chi connectivity index (χ1n) is 9.13. The van der Waals surface area contributed by atoms with Gasteiger partial charge in [0, 0.05) is 20.5 Å². The number of hydrogen-bond donors (Lipinski definition) is 0. The molecule has 0 radical (unpaired) electrons. The molecule has 0 saturated carbocycles. The second-order valence-corrected chi connectivity index (χ2v) is 8.63. The van der Waals surface area contributed by atoms with Crippen LogP contribution in [0.3, 0.4) is 0 Å². The Hall–Kier alpha value is -2.34. The highest BCUT2D eigenvalue weighted by Gasteiger charge is 2.17. The highest BCUT2D eigenvalue weighted by Crippen LogP contribution is 2.36. The fourth-order valence-electron chi connectivity index (χ4n) is 3.32. The standard InChI is InChI=1S/C22H18Cl2N2O2S/c1-3-28-17-8-5-14(6-9-17)19-13(2)29-21-20(19)22(27)26(12-25-21)11-15-4-7-16(23)10-18(15)24/h4-10,12H,3,11H2,1-2H3. The molecule has 4 rings (SSSR count). The van der Waals surface area contributed by atoms with Gasteiger partial charge >= 0.3 is 0 Å². The second-order valence-electron chi connectivity index (χ2n) is 6.58. The minimum absolute atomic E-state index is 0.0887. The lowest BCUT2D eigenvalue weighted by atomic mass is 10.0. The van der Waals surface area contributed by atoms with Crippen molar-refractivity contribution in [2.75, 3.05) is 6.61 Å². The molecule has 0 unspecified atom stereocenters. The Morgan fingerprint density at radius 1 is 1.14 bits per heavy atom. The second kappa shape index (κ2) is 8.19. The van der Waals surface area contributed by atoms with Crippen LogP contribution in [0.25, 0.3) is 21.3 Å². The summed E-state index contributed by atoms with van der Waals surface area (Å²) in [7, 11) is 0. The Balaban J connectivity index is 1.81. The summed E-state index contributed by atoms with van der Waals surface area (Å²) >= 11 is 13.8. The Morgan fingerprint density at radius 3 is 2.59 bits per heavy atom. The maximum atomic E-state index is 13.3. The number of hydrogen-bond acceptors (Lipinski definition) is 4. The number of nitrogens with zero attached hydrogens (tertiary/aromatic N) is 2. The van der Waals surface area contributed by atoms with Crippen molar-refractivity contribution in [3.8, 4) is 16.9 Å². The molecule has 2 aromatic heterocycles. The van der Waals surface area contributed by atoms with Crippen molar-refractivity contribution in [2.24, 2.45) is 0 Å². The van der Waals surface area contributed by atoms with Crippen LogP contribution in [-0.4, -0.2) is 16.2 Å². The topological polar surface area (TPSA) is 44.1 Å². The van der Waals surface area contributed by atoms with Gasteiger partial charge in [-0.15, -0.1) is 11.3 Å². The molecule has 0 saturated heterocycles. The predicted octanol–water partition coefficient (Wildman–Crippen LogP) is 6.19. The van der Waals surface area contributed by atoms with E-state index in [1.807, 2.05) is 44.2 Å². The molecule has 2 heterocycles. The zero-order chi connectivity index (χ0) is 20.5. The zero-order valence-corrected chi connectivity index (χ0v) is 18.2. The minimum Gasteiger partial charge on any atom is -0.494 e. The highest BCUT2D eigenvalue weighted by molar-refractivity contribution is 7.19. The van der Waals surface area contributed by atoms with Gasteiger partial charge in [-0.25, -0.2) is 4.98 Å². The quantitative estimate of drug-likeness (QED) is 0.368. The van der Waals surface area contributed by atoms with Gasteiger partial charge in [-0.05, 0) is 49.2 Å². The molecule has 148 valence electrons. The van der Waals surface area contributed by atoms with E-state index in [1.54, 1.807) is 23.0 Å². The fraction of sp³-hybridized carbons (Fsp3) is 0.182. The largest absolute Gasteiger partial charge is 0.494 e. The first-order valence-corrected chi connectivity index (χ1v) is 10.7. The summed E-state index contributed by atoms with van der Waals surface area (Å²) in [6.07, 6.45) is 1.58. The van der Waals surface area contributed by atoms with E-state index in [0.717, 1.165) is 32.1 Å². The smallest absolute Gasteiger partial charge is 0.263 e. The first-order chi connectivity index (χ1) is 14.0. The number of aromatic nitrogens is 2. The van der Waals surface area contributed by atoms with Gasteiger partial charge in [0.1, 0.15) is 10.6 Å². The SMILES string of the molecule is CCOc1ccc(-c2c(C)sc3ncn(Cc4ccc(Cl)cc4Cl)c(=O)c23)cc1. The molecule has 0 aliphatic rings. The average molecular weight is 445 g/mol. The summed E-state index contributed by atoms with van der Waals surface area (Å²) in [4.78, 5) is 19.6. The molecular weight excluding hydrogens is 427 g/mol. The maximum Gasteiger partial charge on any atom is 0.263 e. The number of fused-ring (bicyclic) bond motifs is 1. The molecule has 0 spiro atoms. The molecule has 0 fully saturated rings. The lowest BCUT2D eigenvalue weighted by Gasteiger charge is -2.09. The zero-order valence-electron chi connectivity index (χ0n) is 15.9. The van der Waals surface area contributed by atoms with Gasteiger partial charge in [-0.1, -0.05) is 41.4 Å². The van der Waals surface area contributed by atoms with Gasteiger partial charge in [-0.3, -0.25) is 9.36 Å². The van der Waals surface area contributed by atoms with Crippen LogP contribution in [0.2, 0.25) is 10.0 Å². The molecule has 2 aromatic carbocycles. The summed E-state index contributed by atoms with van der Waals surface area (Å²) in [5, 5.41) is 1.72. The maximum absolute atomic E-state index is 13.3. The van der Waals surface area contributed by atoms with Gasteiger partial charge in [0.05, 0.1) is 24.9 Å². The summed E-state index contributed by atoms with van der Waals surface area (Å²) in [5.74, 6) is 0.807. The van der Waals surface area contributed by atoms with Crippen molar-refractivity contribution >= 4 is 44.8 Å². The number of halogens is 2. The van der Waals surface area contributed by atoms with Crippen LogP contribution in [0.15, 0.2) is 53.6 Å². The number of benzene rings is 2. The Morgan fingerprint density at radius 2 is 1.90 bits per heavy atom. The summed E-state index contributed by atoms with van der Waals surface area (Å²) in [6, 6.07) is 13.1. The predicted molar refractivity (Wildman–Crippen MR) is 121 cm³/mol. The number of aryl methyl sites for hydroxylation is 1. The molecule has 0 bridgehead atoms.